The number of carbonyl (C=O) groups is 1. The van der Waals surface area contributed by atoms with Gasteiger partial charge in [-0.2, -0.15) is 0 Å². The molecule has 0 aliphatic heterocycles. The molecule has 2 unspecified atom stereocenters. The molecule has 0 aromatic rings. The number of allylic oxidation sites excluding steroid dienone is 4. The first-order chi connectivity index (χ1) is 5.70. The van der Waals surface area contributed by atoms with Crippen molar-refractivity contribution < 1.29 is 4.79 Å². The summed E-state index contributed by atoms with van der Waals surface area (Å²) in [6.45, 7) is 4.25. The highest BCUT2D eigenvalue weighted by atomic mass is 16.1. The van der Waals surface area contributed by atoms with Crippen LogP contribution in [0.5, 0.6) is 0 Å². The van der Waals surface area contributed by atoms with Gasteiger partial charge in [0.05, 0.1) is 0 Å². The van der Waals surface area contributed by atoms with Gasteiger partial charge in [0.25, 0.3) is 0 Å². The molecule has 1 fully saturated rings. The van der Waals surface area contributed by atoms with Crippen LogP contribution >= 0.6 is 0 Å². The molecular formula is C11H14O. The Morgan fingerprint density at radius 3 is 2.92 bits per heavy atom. The highest BCUT2D eigenvalue weighted by molar-refractivity contribution is 5.99. The van der Waals surface area contributed by atoms with Gasteiger partial charge < -0.3 is 0 Å². The lowest BCUT2D eigenvalue weighted by atomic mass is 9.82. The van der Waals surface area contributed by atoms with E-state index in [-0.39, 0.29) is 0 Å². The molecule has 64 valence electrons. The van der Waals surface area contributed by atoms with E-state index >= 15 is 0 Å². The maximum atomic E-state index is 11.5. The minimum Gasteiger partial charge on any atom is -0.295 e. The number of Topliss-reactive ketones (excluding diaryl/α,β-unsaturated/α-hetero) is 1. The second-order valence-electron chi connectivity index (χ2n) is 3.88. The van der Waals surface area contributed by atoms with Gasteiger partial charge >= 0.3 is 0 Å². The van der Waals surface area contributed by atoms with Crippen molar-refractivity contribution in [1.29, 1.82) is 0 Å². The van der Waals surface area contributed by atoms with Gasteiger partial charge in [0.1, 0.15) is 0 Å². The van der Waals surface area contributed by atoms with Crippen LogP contribution in [0.15, 0.2) is 23.3 Å². The Labute approximate surface area is 73.2 Å². The van der Waals surface area contributed by atoms with E-state index in [4.69, 9.17) is 0 Å². The van der Waals surface area contributed by atoms with E-state index in [1.165, 1.54) is 5.57 Å². The Kier molecular flexibility index (Phi) is 1.67. The summed E-state index contributed by atoms with van der Waals surface area (Å²) in [6.07, 6.45) is 6.15. The molecule has 0 bridgehead atoms. The number of rotatable bonds is 0. The normalized spacial score (nSPS) is 34.3. The van der Waals surface area contributed by atoms with Gasteiger partial charge in [-0.3, -0.25) is 4.79 Å². The van der Waals surface area contributed by atoms with E-state index in [2.05, 4.69) is 19.1 Å². The van der Waals surface area contributed by atoms with E-state index < -0.39 is 0 Å². The molecule has 2 aliphatic rings. The van der Waals surface area contributed by atoms with Crippen LogP contribution in [0.4, 0.5) is 0 Å². The van der Waals surface area contributed by atoms with Crippen LogP contribution in [0, 0.1) is 11.8 Å². The highest BCUT2D eigenvalue weighted by Gasteiger charge is 2.34. The average Bonchev–Trinajstić information content (AvgIpc) is 2.42. The third-order valence-corrected chi connectivity index (χ3v) is 3.06. The molecule has 2 rings (SSSR count). The van der Waals surface area contributed by atoms with Crippen molar-refractivity contribution in [1.82, 2.24) is 0 Å². The Morgan fingerprint density at radius 2 is 2.25 bits per heavy atom. The van der Waals surface area contributed by atoms with Crippen LogP contribution in [0.25, 0.3) is 0 Å². The predicted octanol–water partition coefficient (Wildman–Crippen LogP) is 2.49. The lowest BCUT2D eigenvalue weighted by molar-refractivity contribution is -0.114. The van der Waals surface area contributed by atoms with Crippen LogP contribution in [0.3, 0.4) is 0 Å². The minimum atomic E-state index is 0.383. The quantitative estimate of drug-likeness (QED) is 0.535. The van der Waals surface area contributed by atoms with E-state index in [0.29, 0.717) is 17.6 Å². The van der Waals surface area contributed by atoms with Gasteiger partial charge in [0, 0.05) is 12.0 Å². The SMILES string of the molecule is CC1=C2C(=O)CCC2C(C)C=C1. The van der Waals surface area contributed by atoms with Crippen molar-refractivity contribution in [2.24, 2.45) is 11.8 Å². The zero-order valence-corrected chi connectivity index (χ0v) is 7.63. The summed E-state index contributed by atoms with van der Waals surface area (Å²) in [4.78, 5) is 11.5. The molecular weight excluding hydrogens is 148 g/mol. The van der Waals surface area contributed by atoms with Gasteiger partial charge in [-0.1, -0.05) is 19.1 Å². The van der Waals surface area contributed by atoms with Crippen LogP contribution in [0.1, 0.15) is 26.7 Å². The molecule has 2 aliphatic carbocycles. The summed E-state index contributed by atoms with van der Waals surface area (Å²) in [5, 5.41) is 0. The first-order valence-corrected chi connectivity index (χ1v) is 4.62. The van der Waals surface area contributed by atoms with Crippen LogP contribution in [-0.2, 0) is 4.79 Å². The first kappa shape index (κ1) is 7.78. The summed E-state index contributed by atoms with van der Waals surface area (Å²) in [5.41, 5.74) is 2.31. The van der Waals surface area contributed by atoms with Crippen molar-refractivity contribution in [2.75, 3.05) is 0 Å². The number of hydrogen-bond donors (Lipinski definition) is 0. The number of ketones is 1. The molecule has 2 atom stereocenters. The summed E-state index contributed by atoms with van der Waals surface area (Å²) in [7, 11) is 0. The number of carbonyl (C=O) groups excluding carboxylic acids is 1. The van der Waals surface area contributed by atoms with Crippen LogP contribution < -0.4 is 0 Å². The predicted molar refractivity (Wildman–Crippen MR) is 48.7 cm³/mol. The zero-order chi connectivity index (χ0) is 8.72. The van der Waals surface area contributed by atoms with Gasteiger partial charge in [0.15, 0.2) is 5.78 Å². The van der Waals surface area contributed by atoms with Crippen LogP contribution in [0.2, 0.25) is 0 Å². The van der Waals surface area contributed by atoms with Crippen molar-refractivity contribution in [3.05, 3.63) is 23.3 Å². The monoisotopic (exact) mass is 162 g/mol. The van der Waals surface area contributed by atoms with Crippen LogP contribution in [-0.4, -0.2) is 5.78 Å². The molecule has 1 saturated carbocycles. The van der Waals surface area contributed by atoms with Crippen molar-refractivity contribution in [2.45, 2.75) is 26.7 Å². The van der Waals surface area contributed by atoms with Gasteiger partial charge in [-0.05, 0) is 30.8 Å². The van der Waals surface area contributed by atoms with Crippen molar-refractivity contribution in [3.8, 4) is 0 Å². The van der Waals surface area contributed by atoms with E-state index in [0.717, 1.165) is 18.4 Å². The fraction of sp³-hybridized carbons (Fsp3) is 0.545. The Morgan fingerprint density at radius 1 is 1.50 bits per heavy atom. The molecule has 1 nitrogen and oxygen atoms in total. The Hall–Kier alpha value is -0.850. The molecule has 0 aromatic carbocycles. The van der Waals surface area contributed by atoms with E-state index in [1.807, 2.05) is 6.92 Å². The molecule has 0 spiro atoms. The van der Waals surface area contributed by atoms with Gasteiger partial charge in [-0.25, -0.2) is 0 Å². The summed E-state index contributed by atoms with van der Waals surface area (Å²) in [5.74, 6) is 1.48. The van der Waals surface area contributed by atoms with Gasteiger partial charge in [-0.15, -0.1) is 0 Å². The first-order valence-electron chi connectivity index (χ1n) is 4.62. The van der Waals surface area contributed by atoms with Crippen molar-refractivity contribution >= 4 is 5.78 Å². The molecule has 12 heavy (non-hydrogen) atoms. The largest absolute Gasteiger partial charge is 0.295 e. The van der Waals surface area contributed by atoms with Crippen molar-refractivity contribution in [3.63, 3.8) is 0 Å². The molecule has 0 saturated heterocycles. The standard InChI is InChI=1S/C11H14O/c1-7-3-4-8(2)11-9(7)5-6-10(11)12/h3-4,7,9H,5-6H2,1-2H3. The fourth-order valence-electron chi connectivity index (χ4n) is 2.33. The molecule has 0 N–H and O–H groups in total. The highest BCUT2D eigenvalue weighted by Crippen LogP contribution is 2.39. The summed E-state index contributed by atoms with van der Waals surface area (Å²) in [6, 6.07) is 0. The van der Waals surface area contributed by atoms with E-state index in [9.17, 15) is 4.79 Å². The second kappa shape index (κ2) is 2.58. The average molecular weight is 162 g/mol. The maximum Gasteiger partial charge on any atom is 0.159 e. The van der Waals surface area contributed by atoms with E-state index in [1.54, 1.807) is 0 Å². The Balaban J connectivity index is 2.44. The zero-order valence-electron chi connectivity index (χ0n) is 7.63. The molecule has 0 amide bonds. The Bertz CT molecular complexity index is 283. The summed E-state index contributed by atoms with van der Waals surface area (Å²) >= 11 is 0. The molecule has 0 heterocycles. The lowest BCUT2D eigenvalue weighted by Gasteiger charge is -2.21. The number of hydrogen-bond acceptors (Lipinski definition) is 1. The number of fused-ring (bicyclic) bond motifs is 1. The second-order valence-corrected chi connectivity index (χ2v) is 3.88. The molecule has 0 radical (unpaired) electrons. The topological polar surface area (TPSA) is 17.1 Å². The smallest absolute Gasteiger partial charge is 0.159 e. The minimum absolute atomic E-state index is 0.383. The van der Waals surface area contributed by atoms with Gasteiger partial charge in [0.2, 0.25) is 0 Å². The fourth-order valence-corrected chi connectivity index (χ4v) is 2.33. The lowest BCUT2D eigenvalue weighted by Crippen LogP contribution is -2.14. The molecule has 0 aromatic heterocycles. The third-order valence-electron chi connectivity index (χ3n) is 3.06. The molecule has 1 heteroatoms. The summed E-state index contributed by atoms with van der Waals surface area (Å²) < 4.78 is 0. The maximum absolute atomic E-state index is 11.5. The third kappa shape index (κ3) is 0.961.